The van der Waals surface area contributed by atoms with Crippen LogP contribution in [0.5, 0.6) is 0 Å². The highest BCUT2D eigenvalue weighted by atomic mass is 32.2. The van der Waals surface area contributed by atoms with Gasteiger partial charge >= 0.3 is 0 Å². The van der Waals surface area contributed by atoms with Gasteiger partial charge in [0, 0.05) is 11.8 Å². The highest BCUT2D eigenvalue weighted by molar-refractivity contribution is 7.98. The summed E-state index contributed by atoms with van der Waals surface area (Å²) in [7, 11) is 0. The van der Waals surface area contributed by atoms with Gasteiger partial charge in [0.05, 0.1) is 18.9 Å². The van der Waals surface area contributed by atoms with Crippen molar-refractivity contribution < 1.29 is 9.52 Å². The second-order valence-electron chi connectivity index (χ2n) is 3.68. The molecular formula is C11H19NO2S. The van der Waals surface area contributed by atoms with Crippen molar-refractivity contribution in [3.05, 3.63) is 23.7 Å². The van der Waals surface area contributed by atoms with Gasteiger partial charge in [-0.2, -0.15) is 11.8 Å². The molecule has 1 aromatic heterocycles. The molecule has 1 heterocycles. The van der Waals surface area contributed by atoms with E-state index in [1.165, 1.54) is 0 Å². The highest BCUT2D eigenvalue weighted by Crippen LogP contribution is 2.15. The molecular weight excluding hydrogens is 210 g/mol. The number of rotatable bonds is 7. The summed E-state index contributed by atoms with van der Waals surface area (Å²) in [6, 6.07) is 4.48. The Hall–Kier alpha value is -0.450. The summed E-state index contributed by atoms with van der Waals surface area (Å²) in [5.41, 5.74) is 0. The number of hydrogen-bond donors (Lipinski definition) is 2. The summed E-state index contributed by atoms with van der Waals surface area (Å²) in [5.74, 6) is 3.56. The fourth-order valence-electron chi connectivity index (χ4n) is 1.14. The summed E-state index contributed by atoms with van der Waals surface area (Å²) in [6.45, 7) is 5.23. The maximum Gasteiger partial charge on any atom is 0.118 e. The second-order valence-corrected chi connectivity index (χ2v) is 4.78. The maximum absolute atomic E-state index is 8.63. The van der Waals surface area contributed by atoms with Crippen LogP contribution in [0.1, 0.15) is 25.4 Å². The first-order valence-corrected chi connectivity index (χ1v) is 6.37. The lowest BCUT2D eigenvalue weighted by Gasteiger charge is -2.04. The minimum atomic E-state index is 0.229. The maximum atomic E-state index is 8.63. The zero-order valence-corrected chi connectivity index (χ0v) is 10.1. The Bertz CT molecular complexity index is 273. The first-order valence-electron chi connectivity index (χ1n) is 5.22. The standard InChI is InChI=1S/C11H19NO2S/c1-9(2)12-7-10-3-4-11(14-10)8-15-6-5-13/h3-4,9,12-13H,5-8H2,1-2H3. The Morgan fingerprint density at radius 2 is 2.13 bits per heavy atom. The average molecular weight is 229 g/mol. The highest BCUT2D eigenvalue weighted by Gasteiger charge is 2.02. The number of furan rings is 1. The molecule has 0 amide bonds. The van der Waals surface area contributed by atoms with E-state index >= 15 is 0 Å². The molecule has 0 atom stereocenters. The first kappa shape index (κ1) is 12.6. The Labute approximate surface area is 95.2 Å². The zero-order valence-electron chi connectivity index (χ0n) is 9.32. The third-order valence-electron chi connectivity index (χ3n) is 1.88. The molecule has 0 aliphatic rings. The summed E-state index contributed by atoms with van der Waals surface area (Å²) in [4.78, 5) is 0. The van der Waals surface area contributed by atoms with Crippen LogP contribution in [0.4, 0.5) is 0 Å². The van der Waals surface area contributed by atoms with Gasteiger partial charge in [0.2, 0.25) is 0 Å². The number of nitrogens with one attached hydrogen (secondary N) is 1. The molecule has 0 saturated heterocycles. The first-order chi connectivity index (χ1) is 7.22. The van der Waals surface area contributed by atoms with Crippen molar-refractivity contribution in [3.63, 3.8) is 0 Å². The second kappa shape index (κ2) is 6.93. The lowest BCUT2D eigenvalue weighted by Crippen LogP contribution is -2.21. The largest absolute Gasteiger partial charge is 0.464 e. The van der Waals surface area contributed by atoms with E-state index in [0.717, 1.165) is 29.6 Å². The van der Waals surface area contributed by atoms with Gasteiger partial charge in [-0.05, 0) is 12.1 Å². The van der Waals surface area contributed by atoms with Crippen molar-refractivity contribution in [2.45, 2.75) is 32.2 Å². The van der Waals surface area contributed by atoms with Gasteiger partial charge in [-0.3, -0.25) is 0 Å². The fraction of sp³-hybridized carbons (Fsp3) is 0.636. The van der Waals surface area contributed by atoms with Gasteiger partial charge in [-0.25, -0.2) is 0 Å². The van der Waals surface area contributed by atoms with E-state index in [-0.39, 0.29) is 6.61 Å². The normalized spacial score (nSPS) is 11.2. The van der Waals surface area contributed by atoms with Crippen molar-refractivity contribution in [2.24, 2.45) is 0 Å². The third-order valence-corrected chi connectivity index (χ3v) is 2.84. The Morgan fingerprint density at radius 3 is 2.80 bits per heavy atom. The average Bonchev–Trinajstić information content (AvgIpc) is 2.63. The predicted molar refractivity (Wildman–Crippen MR) is 63.9 cm³/mol. The molecule has 0 radical (unpaired) electrons. The number of aliphatic hydroxyl groups is 1. The molecule has 0 aromatic carbocycles. The van der Waals surface area contributed by atoms with Gasteiger partial charge in [0.25, 0.3) is 0 Å². The van der Waals surface area contributed by atoms with Crippen LogP contribution in [0.15, 0.2) is 16.5 Å². The molecule has 3 nitrogen and oxygen atoms in total. The van der Waals surface area contributed by atoms with Crippen LogP contribution in [0.25, 0.3) is 0 Å². The molecule has 15 heavy (non-hydrogen) atoms. The van der Waals surface area contributed by atoms with Crippen LogP contribution in [0.2, 0.25) is 0 Å². The summed E-state index contributed by atoms with van der Waals surface area (Å²) >= 11 is 1.68. The molecule has 2 N–H and O–H groups in total. The molecule has 0 bridgehead atoms. The molecule has 1 rings (SSSR count). The fourth-order valence-corrected chi connectivity index (χ4v) is 1.77. The number of thioether (sulfide) groups is 1. The van der Waals surface area contributed by atoms with E-state index in [0.29, 0.717) is 6.04 Å². The van der Waals surface area contributed by atoms with Crippen molar-refractivity contribution >= 4 is 11.8 Å². The van der Waals surface area contributed by atoms with E-state index in [1.54, 1.807) is 11.8 Å². The van der Waals surface area contributed by atoms with E-state index in [2.05, 4.69) is 19.2 Å². The van der Waals surface area contributed by atoms with Gasteiger partial charge in [0.15, 0.2) is 0 Å². The molecule has 86 valence electrons. The molecule has 0 fully saturated rings. The Kier molecular flexibility index (Phi) is 5.83. The molecule has 0 aliphatic carbocycles. The van der Waals surface area contributed by atoms with Crippen LogP contribution in [0, 0.1) is 0 Å². The summed E-state index contributed by atoms with van der Waals surface area (Å²) < 4.78 is 5.62. The van der Waals surface area contributed by atoms with Crippen LogP contribution in [0.3, 0.4) is 0 Å². The number of aliphatic hydroxyl groups excluding tert-OH is 1. The van der Waals surface area contributed by atoms with Crippen molar-refractivity contribution in [2.75, 3.05) is 12.4 Å². The predicted octanol–water partition coefficient (Wildman–Crippen LogP) is 2.00. The summed E-state index contributed by atoms with van der Waals surface area (Å²) in [6.07, 6.45) is 0. The summed E-state index contributed by atoms with van der Waals surface area (Å²) in [5, 5.41) is 11.9. The van der Waals surface area contributed by atoms with Gasteiger partial charge in [0.1, 0.15) is 11.5 Å². The molecule has 0 unspecified atom stereocenters. The molecule has 4 heteroatoms. The van der Waals surface area contributed by atoms with E-state index in [1.807, 2.05) is 12.1 Å². The van der Waals surface area contributed by atoms with Gasteiger partial charge in [-0.15, -0.1) is 0 Å². The topological polar surface area (TPSA) is 45.4 Å². The SMILES string of the molecule is CC(C)NCc1ccc(CSCCO)o1. The lowest BCUT2D eigenvalue weighted by molar-refractivity contribution is 0.322. The minimum Gasteiger partial charge on any atom is -0.464 e. The van der Waals surface area contributed by atoms with Crippen LogP contribution >= 0.6 is 11.8 Å². The van der Waals surface area contributed by atoms with Gasteiger partial charge in [-0.1, -0.05) is 13.8 Å². The van der Waals surface area contributed by atoms with Gasteiger partial charge < -0.3 is 14.8 Å². The minimum absolute atomic E-state index is 0.229. The Balaban J connectivity index is 2.29. The zero-order chi connectivity index (χ0) is 11.1. The molecule has 0 spiro atoms. The van der Waals surface area contributed by atoms with E-state index < -0.39 is 0 Å². The van der Waals surface area contributed by atoms with E-state index in [9.17, 15) is 0 Å². The van der Waals surface area contributed by atoms with Crippen LogP contribution in [-0.2, 0) is 12.3 Å². The molecule has 0 saturated carbocycles. The monoisotopic (exact) mass is 229 g/mol. The van der Waals surface area contributed by atoms with Crippen molar-refractivity contribution in [1.82, 2.24) is 5.32 Å². The third kappa shape index (κ3) is 5.25. The van der Waals surface area contributed by atoms with Crippen LogP contribution in [-0.4, -0.2) is 23.5 Å². The van der Waals surface area contributed by atoms with Crippen molar-refractivity contribution in [3.8, 4) is 0 Å². The molecule has 1 aromatic rings. The van der Waals surface area contributed by atoms with E-state index in [4.69, 9.17) is 9.52 Å². The van der Waals surface area contributed by atoms with Crippen LogP contribution < -0.4 is 5.32 Å². The quantitative estimate of drug-likeness (QED) is 0.702. The van der Waals surface area contributed by atoms with Crippen molar-refractivity contribution in [1.29, 1.82) is 0 Å². The Morgan fingerprint density at radius 1 is 1.40 bits per heavy atom. The number of hydrogen-bond acceptors (Lipinski definition) is 4. The molecule has 0 aliphatic heterocycles. The smallest absolute Gasteiger partial charge is 0.118 e. The lowest BCUT2D eigenvalue weighted by atomic mass is 10.3.